The Bertz CT molecular complexity index is 180. The molecule has 2 unspecified atom stereocenters. The SMILES string of the molecule is CN(CC(N)C(=O)O)C1CCOC1. The van der Waals surface area contributed by atoms with Gasteiger partial charge < -0.3 is 15.6 Å². The fourth-order valence-corrected chi connectivity index (χ4v) is 1.41. The molecule has 5 nitrogen and oxygen atoms in total. The van der Waals surface area contributed by atoms with Gasteiger partial charge >= 0.3 is 5.97 Å². The molecule has 1 saturated heterocycles. The van der Waals surface area contributed by atoms with Gasteiger partial charge in [-0.15, -0.1) is 0 Å². The summed E-state index contributed by atoms with van der Waals surface area (Å²) in [7, 11) is 1.88. The second-order valence-corrected chi connectivity index (χ2v) is 3.40. The molecule has 1 heterocycles. The van der Waals surface area contributed by atoms with E-state index in [2.05, 4.69) is 0 Å². The van der Waals surface area contributed by atoms with Crippen LogP contribution in [0.2, 0.25) is 0 Å². The van der Waals surface area contributed by atoms with Crippen LogP contribution in [0.25, 0.3) is 0 Å². The van der Waals surface area contributed by atoms with Gasteiger partial charge in [0.05, 0.1) is 6.61 Å². The summed E-state index contributed by atoms with van der Waals surface area (Å²) in [5, 5.41) is 8.59. The van der Waals surface area contributed by atoms with E-state index in [1.165, 1.54) is 0 Å². The van der Waals surface area contributed by atoms with Crippen LogP contribution in [0, 0.1) is 0 Å². The summed E-state index contributed by atoms with van der Waals surface area (Å²) < 4.78 is 5.19. The van der Waals surface area contributed by atoms with Crippen molar-refractivity contribution in [3.8, 4) is 0 Å². The van der Waals surface area contributed by atoms with Crippen molar-refractivity contribution in [3.05, 3.63) is 0 Å². The zero-order chi connectivity index (χ0) is 9.84. The van der Waals surface area contributed by atoms with Crippen molar-refractivity contribution in [1.82, 2.24) is 4.90 Å². The summed E-state index contributed by atoms with van der Waals surface area (Å²) in [6.07, 6.45) is 0.961. The monoisotopic (exact) mass is 188 g/mol. The molecular weight excluding hydrogens is 172 g/mol. The van der Waals surface area contributed by atoms with E-state index in [1.807, 2.05) is 11.9 Å². The fraction of sp³-hybridized carbons (Fsp3) is 0.875. The molecular formula is C8H16N2O3. The summed E-state index contributed by atoms with van der Waals surface area (Å²) in [5.74, 6) is -0.953. The maximum Gasteiger partial charge on any atom is 0.321 e. The summed E-state index contributed by atoms with van der Waals surface area (Å²) in [5.41, 5.74) is 5.40. The number of nitrogens with zero attached hydrogens (tertiary/aromatic N) is 1. The Morgan fingerprint density at radius 3 is 3.00 bits per heavy atom. The molecule has 1 rings (SSSR count). The molecule has 1 fully saturated rings. The Kier molecular flexibility index (Phi) is 3.65. The first-order valence-corrected chi connectivity index (χ1v) is 4.37. The minimum Gasteiger partial charge on any atom is -0.480 e. The van der Waals surface area contributed by atoms with Crippen LogP contribution in [0.3, 0.4) is 0 Å². The predicted octanol–water partition coefficient (Wildman–Crippen LogP) is -0.881. The van der Waals surface area contributed by atoms with Crippen molar-refractivity contribution in [3.63, 3.8) is 0 Å². The Balaban J connectivity index is 2.30. The lowest BCUT2D eigenvalue weighted by Crippen LogP contribution is -2.45. The molecule has 3 N–H and O–H groups in total. The minimum absolute atomic E-state index is 0.324. The van der Waals surface area contributed by atoms with E-state index in [1.54, 1.807) is 0 Å². The third-order valence-electron chi connectivity index (χ3n) is 2.33. The number of nitrogens with two attached hydrogens (primary N) is 1. The van der Waals surface area contributed by atoms with Gasteiger partial charge in [-0.25, -0.2) is 0 Å². The molecule has 0 aliphatic carbocycles. The number of carbonyl (C=O) groups is 1. The maximum absolute atomic E-state index is 10.5. The first-order chi connectivity index (χ1) is 6.11. The Hall–Kier alpha value is -0.650. The van der Waals surface area contributed by atoms with Gasteiger partial charge in [-0.3, -0.25) is 9.69 Å². The molecule has 0 radical (unpaired) electrons. The van der Waals surface area contributed by atoms with Crippen molar-refractivity contribution in [2.45, 2.75) is 18.5 Å². The zero-order valence-electron chi connectivity index (χ0n) is 7.77. The lowest BCUT2D eigenvalue weighted by atomic mass is 10.2. The van der Waals surface area contributed by atoms with Gasteiger partial charge in [0, 0.05) is 19.2 Å². The number of likely N-dealkylation sites (N-methyl/N-ethyl adjacent to an activating group) is 1. The van der Waals surface area contributed by atoms with Crippen LogP contribution in [0.5, 0.6) is 0 Å². The van der Waals surface area contributed by atoms with Crippen molar-refractivity contribution >= 4 is 5.97 Å². The van der Waals surface area contributed by atoms with Crippen LogP contribution in [-0.2, 0) is 9.53 Å². The highest BCUT2D eigenvalue weighted by Gasteiger charge is 2.23. The standard InChI is InChI=1S/C8H16N2O3/c1-10(4-7(9)8(11)12)6-2-3-13-5-6/h6-7H,2-5,9H2,1H3,(H,11,12). The molecule has 0 aromatic heterocycles. The number of aliphatic carboxylic acids is 1. The van der Waals surface area contributed by atoms with Crippen molar-refractivity contribution in [2.24, 2.45) is 5.73 Å². The zero-order valence-corrected chi connectivity index (χ0v) is 7.77. The van der Waals surface area contributed by atoms with E-state index in [4.69, 9.17) is 15.6 Å². The molecule has 1 aliphatic rings. The summed E-state index contributed by atoms with van der Waals surface area (Å²) in [4.78, 5) is 12.4. The quantitative estimate of drug-likeness (QED) is 0.599. The maximum atomic E-state index is 10.5. The molecule has 2 atom stereocenters. The predicted molar refractivity (Wildman–Crippen MR) is 47.5 cm³/mol. The lowest BCUT2D eigenvalue weighted by molar-refractivity contribution is -0.139. The van der Waals surface area contributed by atoms with Gasteiger partial charge in [0.25, 0.3) is 0 Å². The molecule has 5 heteroatoms. The highest BCUT2D eigenvalue weighted by atomic mass is 16.5. The first kappa shape index (κ1) is 10.4. The number of carboxylic acid groups (broad SMARTS) is 1. The average Bonchev–Trinajstić information content (AvgIpc) is 2.55. The van der Waals surface area contributed by atoms with Crippen LogP contribution >= 0.6 is 0 Å². The largest absolute Gasteiger partial charge is 0.480 e. The Labute approximate surface area is 77.5 Å². The van der Waals surface area contributed by atoms with Gasteiger partial charge in [-0.1, -0.05) is 0 Å². The number of rotatable bonds is 4. The topological polar surface area (TPSA) is 75.8 Å². The van der Waals surface area contributed by atoms with Crippen molar-refractivity contribution in [1.29, 1.82) is 0 Å². The normalized spacial score (nSPS) is 25.0. The Morgan fingerprint density at radius 2 is 2.54 bits per heavy atom. The summed E-state index contributed by atoms with van der Waals surface area (Å²) in [6.45, 7) is 1.82. The highest BCUT2D eigenvalue weighted by Crippen LogP contribution is 2.10. The number of carboxylic acids is 1. The number of hydrogen-bond acceptors (Lipinski definition) is 4. The molecule has 1 aliphatic heterocycles. The third kappa shape index (κ3) is 2.95. The molecule has 0 amide bonds. The molecule has 0 saturated carbocycles. The van der Waals surface area contributed by atoms with E-state index in [9.17, 15) is 4.79 Å². The van der Waals surface area contributed by atoms with Gasteiger partial charge in [-0.2, -0.15) is 0 Å². The summed E-state index contributed by atoms with van der Waals surface area (Å²) in [6, 6.07) is -0.476. The molecule has 0 spiro atoms. The van der Waals surface area contributed by atoms with Gasteiger partial charge in [0.2, 0.25) is 0 Å². The average molecular weight is 188 g/mol. The van der Waals surface area contributed by atoms with Gasteiger partial charge in [0.1, 0.15) is 6.04 Å². The lowest BCUT2D eigenvalue weighted by Gasteiger charge is -2.24. The van der Waals surface area contributed by atoms with Gasteiger partial charge in [-0.05, 0) is 13.5 Å². The highest BCUT2D eigenvalue weighted by molar-refractivity contribution is 5.73. The van der Waals surface area contributed by atoms with Crippen LogP contribution in [0.15, 0.2) is 0 Å². The fourth-order valence-electron chi connectivity index (χ4n) is 1.41. The van der Waals surface area contributed by atoms with E-state index in [-0.39, 0.29) is 0 Å². The van der Waals surface area contributed by atoms with Gasteiger partial charge in [0.15, 0.2) is 0 Å². The van der Waals surface area contributed by atoms with Crippen LogP contribution in [-0.4, -0.2) is 54.9 Å². The second-order valence-electron chi connectivity index (χ2n) is 3.40. The molecule has 13 heavy (non-hydrogen) atoms. The van der Waals surface area contributed by atoms with E-state index < -0.39 is 12.0 Å². The summed E-state index contributed by atoms with van der Waals surface area (Å²) >= 11 is 0. The number of hydrogen-bond donors (Lipinski definition) is 2. The molecule has 0 bridgehead atoms. The van der Waals surface area contributed by atoms with Crippen molar-refractivity contribution in [2.75, 3.05) is 26.8 Å². The van der Waals surface area contributed by atoms with Crippen LogP contribution in [0.4, 0.5) is 0 Å². The second kappa shape index (κ2) is 4.55. The first-order valence-electron chi connectivity index (χ1n) is 4.37. The van der Waals surface area contributed by atoms with Crippen LogP contribution in [0.1, 0.15) is 6.42 Å². The number of ether oxygens (including phenoxy) is 1. The third-order valence-corrected chi connectivity index (χ3v) is 2.33. The smallest absolute Gasteiger partial charge is 0.321 e. The Morgan fingerprint density at radius 1 is 1.85 bits per heavy atom. The van der Waals surface area contributed by atoms with Crippen LogP contribution < -0.4 is 5.73 Å². The van der Waals surface area contributed by atoms with E-state index in [0.29, 0.717) is 19.2 Å². The van der Waals surface area contributed by atoms with Crippen molar-refractivity contribution < 1.29 is 14.6 Å². The molecule has 0 aromatic carbocycles. The van der Waals surface area contributed by atoms with E-state index in [0.717, 1.165) is 13.0 Å². The molecule has 76 valence electrons. The van der Waals surface area contributed by atoms with E-state index >= 15 is 0 Å². The minimum atomic E-state index is -0.953. The molecule has 0 aromatic rings.